The van der Waals surface area contributed by atoms with Gasteiger partial charge < -0.3 is 15.5 Å². The SMILES string of the molecule is CC(=O)N1CCC(CCCN/C(=N/C#N)Nc2cc(C)nc(C)c2)C1. The molecule has 1 aromatic rings. The zero-order chi connectivity index (χ0) is 18.2. The van der Waals surface area contributed by atoms with Gasteiger partial charge in [-0.15, -0.1) is 4.99 Å². The van der Waals surface area contributed by atoms with E-state index in [0.29, 0.717) is 11.9 Å². The highest BCUT2D eigenvalue weighted by Crippen LogP contribution is 2.20. The summed E-state index contributed by atoms with van der Waals surface area (Å²) in [5.41, 5.74) is 2.68. The van der Waals surface area contributed by atoms with Gasteiger partial charge in [0.15, 0.2) is 0 Å². The zero-order valence-electron chi connectivity index (χ0n) is 15.2. The Kier molecular flexibility index (Phi) is 6.75. The van der Waals surface area contributed by atoms with Gasteiger partial charge in [0.2, 0.25) is 18.1 Å². The van der Waals surface area contributed by atoms with Gasteiger partial charge in [-0.1, -0.05) is 0 Å². The van der Waals surface area contributed by atoms with E-state index in [2.05, 4.69) is 20.6 Å². The Hall–Kier alpha value is -2.62. The van der Waals surface area contributed by atoms with E-state index in [1.165, 1.54) is 0 Å². The van der Waals surface area contributed by atoms with Crippen LogP contribution in [0, 0.1) is 31.2 Å². The van der Waals surface area contributed by atoms with Crippen LogP contribution in [0.4, 0.5) is 5.69 Å². The third kappa shape index (κ3) is 6.07. The molecule has 2 heterocycles. The first kappa shape index (κ1) is 18.7. The lowest BCUT2D eigenvalue weighted by atomic mass is 10.0. The van der Waals surface area contributed by atoms with Crippen molar-refractivity contribution in [2.24, 2.45) is 10.9 Å². The molecule has 1 saturated heterocycles. The van der Waals surface area contributed by atoms with Crippen LogP contribution in [-0.2, 0) is 4.79 Å². The van der Waals surface area contributed by atoms with Crippen LogP contribution in [0.5, 0.6) is 0 Å². The summed E-state index contributed by atoms with van der Waals surface area (Å²) in [5, 5.41) is 15.2. The Morgan fingerprint density at radius 1 is 1.44 bits per heavy atom. The molecule has 1 atom stereocenters. The van der Waals surface area contributed by atoms with Gasteiger partial charge in [0.1, 0.15) is 0 Å². The van der Waals surface area contributed by atoms with Crippen molar-refractivity contribution in [2.45, 2.75) is 40.0 Å². The minimum absolute atomic E-state index is 0.163. The lowest BCUT2D eigenvalue weighted by Gasteiger charge is -2.15. The lowest BCUT2D eigenvalue weighted by molar-refractivity contribution is -0.127. The van der Waals surface area contributed by atoms with Crippen molar-refractivity contribution in [1.29, 1.82) is 5.26 Å². The number of carbonyl (C=O) groups excluding carboxylic acids is 1. The van der Waals surface area contributed by atoms with Crippen molar-refractivity contribution < 1.29 is 4.79 Å². The Morgan fingerprint density at radius 3 is 2.76 bits per heavy atom. The minimum atomic E-state index is 0.163. The molecule has 2 rings (SSSR count). The molecule has 1 fully saturated rings. The molecule has 1 aliphatic rings. The van der Waals surface area contributed by atoms with Gasteiger partial charge >= 0.3 is 0 Å². The normalized spacial score (nSPS) is 17.3. The highest BCUT2D eigenvalue weighted by atomic mass is 16.2. The molecule has 0 radical (unpaired) electrons. The third-order valence-corrected chi connectivity index (χ3v) is 4.32. The summed E-state index contributed by atoms with van der Waals surface area (Å²) in [6, 6.07) is 3.83. The average molecular weight is 342 g/mol. The molecule has 7 heteroatoms. The number of nitrogens with zero attached hydrogens (tertiary/aromatic N) is 4. The summed E-state index contributed by atoms with van der Waals surface area (Å²) in [5.74, 6) is 1.18. The maximum atomic E-state index is 11.4. The highest BCUT2D eigenvalue weighted by Gasteiger charge is 2.23. The summed E-state index contributed by atoms with van der Waals surface area (Å²) in [6.45, 7) is 7.95. The quantitative estimate of drug-likeness (QED) is 0.370. The molecule has 1 unspecified atom stereocenters. The van der Waals surface area contributed by atoms with E-state index in [9.17, 15) is 4.79 Å². The Morgan fingerprint density at radius 2 is 2.16 bits per heavy atom. The van der Waals surface area contributed by atoms with E-state index in [1.54, 1.807) is 6.92 Å². The van der Waals surface area contributed by atoms with Crippen LogP contribution in [0.15, 0.2) is 17.1 Å². The van der Waals surface area contributed by atoms with Crippen molar-refractivity contribution in [3.8, 4) is 6.19 Å². The van der Waals surface area contributed by atoms with Crippen molar-refractivity contribution in [1.82, 2.24) is 15.2 Å². The fourth-order valence-electron chi connectivity index (χ4n) is 3.16. The van der Waals surface area contributed by atoms with E-state index in [4.69, 9.17) is 5.26 Å². The van der Waals surface area contributed by atoms with Crippen LogP contribution in [-0.4, -0.2) is 41.4 Å². The number of aliphatic imine (C=N–C) groups is 1. The van der Waals surface area contributed by atoms with Gasteiger partial charge in [-0.2, -0.15) is 5.26 Å². The van der Waals surface area contributed by atoms with Crippen LogP contribution in [0.2, 0.25) is 0 Å². The average Bonchev–Trinajstić information content (AvgIpc) is 3.00. The van der Waals surface area contributed by atoms with Gasteiger partial charge in [-0.05, 0) is 51.2 Å². The summed E-state index contributed by atoms with van der Waals surface area (Å²) in [6.07, 6.45) is 4.93. The summed E-state index contributed by atoms with van der Waals surface area (Å²) in [4.78, 5) is 21.4. The number of carbonyl (C=O) groups is 1. The third-order valence-electron chi connectivity index (χ3n) is 4.32. The molecule has 0 aliphatic carbocycles. The van der Waals surface area contributed by atoms with Gasteiger partial charge in [-0.3, -0.25) is 9.78 Å². The second-order valence-electron chi connectivity index (χ2n) is 6.51. The molecule has 1 amide bonds. The smallest absolute Gasteiger partial charge is 0.219 e. The van der Waals surface area contributed by atoms with Gasteiger partial charge in [0.05, 0.1) is 0 Å². The fourth-order valence-corrected chi connectivity index (χ4v) is 3.16. The predicted molar refractivity (Wildman–Crippen MR) is 98.0 cm³/mol. The van der Waals surface area contributed by atoms with Gasteiger partial charge in [0.25, 0.3) is 0 Å². The first-order valence-corrected chi connectivity index (χ1v) is 8.66. The standard InChI is InChI=1S/C18H26N6O/c1-13-9-17(10-14(2)22-13)23-18(21-12-19)20-7-4-5-16-6-8-24(11-16)15(3)25/h9-10,16H,4-8,11H2,1-3H3,(H2,20,21,22,23). The van der Waals surface area contributed by atoms with E-state index < -0.39 is 0 Å². The van der Waals surface area contributed by atoms with Crippen molar-refractivity contribution in [3.05, 3.63) is 23.5 Å². The molecule has 0 spiro atoms. The second-order valence-corrected chi connectivity index (χ2v) is 6.51. The number of hydrogen-bond donors (Lipinski definition) is 2. The molecule has 134 valence electrons. The van der Waals surface area contributed by atoms with Crippen LogP contribution in [0.1, 0.15) is 37.6 Å². The van der Waals surface area contributed by atoms with Crippen LogP contribution in [0.3, 0.4) is 0 Å². The number of aromatic nitrogens is 1. The molecule has 1 aromatic heterocycles. The van der Waals surface area contributed by atoms with Crippen molar-refractivity contribution in [3.63, 3.8) is 0 Å². The summed E-state index contributed by atoms with van der Waals surface area (Å²) < 4.78 is 0. The lowest BCUT2D eigenvalue weighted by Crippen LogP contribution is -2.31. The Balaban J connectivity index is 1.78. The van der Waals surface area contributed by atoms with E-state index in [-0.39, 0.29) is 5.91 Å². The van der Waals surface area contributed by atoms with Gasteiger partial charge in [-0.25, -0.2) is 0 Å². The molecule has 0 aromatic carbocycles. The summed E-state index contributed by atoms with van der Waals surface area (Å²) in [7, 11) is 0. The first-order valence-electron chi connectivity index (χ1n) is 8.66. The topological polar surface area (TPSA) is 93.4 Å². The number of likely N-dealkylation sites (tertiary alicyclic amines) is 1. The van der Waals surface area contributed by atoms with Crippen molar-refractivity contribution in [2.75, 3.05) is 25.0 Å². The number of aryl methyl sites for hydroxylation is 2. The van der Waals surface area contributed by atoms with Crippen LogP contribution >= 0.6 is 0 Å². The van der Waals surface area contributed by atoms with E-state index >= 15 is 0 Å². The Bertz CT molecular complexity index is 658. The maximum Gasteiger partial charge on any atom is 0.219 e. The number of hydrogen-bond acceptors (Lipinski definition) is 4. The molecule has 0 bridgehead atoms. The predicted octanol–water partition coefficient (Wildman–Crippen LogP) is 2.19. The largest absolute Gasteiger partial charge is 0.355 e. The number of amides is 1. The highest BCUT2D eigenvalue weighted by molar-refractivity contribution is 5.94. The minimum Gasteiger partial charge on any atom is -0.355 e. The second kappa shape index (κ2) is 9.02. The fraction of sp³-hybridized carbons (Fsp3) is 0.556. The molecule has 25 heavy (non-hydrogen) atoms. The van der Waals surface area contributed by atoms with Crippen molar-refractivity contribution >= 4 is 17.6 Å². The summed E-state index contributed by atoms with van der Waals surface area (Å²) >= 11 is 0. The number of anilines is 1. The number of guanidine groups is 1. The van der Waals surface area contributed by atoms with E-state index in [0.717, 1.165) is 56.0 Å². The van der Waals surface area contributed by atoms with Gasteiger partial charge in [0, 0.05) is 43.6 Å². The first-order chi connectivity index (χ1) is 12.0. The molecule has 7 nitrogen and oxygen atoms in total. The molecule has 1 aliphatic heterocycles. The molecular weight excluding hydrogens is 316 g/mol. The maximum absolute atomic E-state index is 11.4. The zero-order valence-corrected chi connectivity index (χ0v) is 15.2. The number of rotatable bonds is 5. The Labute approximate surface area is 149 Å². The number of pyridine rings is 1. The monoisotopic (exact) mass is 342 g/mol. The number of nitrogens with one attached hydrogen (secondary N) is 2. The van der Waals surface area contributed by atoms with Crippen LogP contribution < -0.4 is 10.6 Å². The molecule has 2 N–H and O–H groups in total. The number of nitriles is 1. The van der Waals surface area contributed by atoms with E-state index in [1.807, 2.05) is 37.1 Å². The van der Waals surface area contributed by atoms with Crippen LogP contribution in [0.25, 0.3) is 0 Å². The molecular formula is C18H26N6O. The molecule has 0 saturated carbocycles.